The van der Waals surface area contributed by atoms with Gasteiger partial charge in [0.05, 0.1) is 11.8 Å². The van der Waals surface area contributed by atoms with Crippen LogP contribution in [-0.4, -0.2) is 23.0 Å². The summed E-state index contributed by atoms with van der Waals surface area (Å²) in [4.78, 5) is 41.6. The highest BCUT2D eigenvalue weighted by Gasteiger charge is 2.60. The standard InChI is InChI=1S/C17H16N2O4/c20-15-13-11-6-7-12(8-11)14(13)16(21)19(15)23-17(22)18-9-10-4-2-1-3-5-10/h1-7,11-14H,8-9H2,(H,18,22). The van der Waals surface area contributed by atoms with Gasteiger partial charge in [0.25, 0.3) is 11.8 Å². The number of amides is 3. The molecule has 1 saturated heterocycles. The molecule has 1 aromatic rings. The zero-order valence-electron chi connectivity index (χ0n) is 12.3. The van der Waals surface area contributed by atoms with Crippen LogP contribution in [0.5, 0.6) is 0 Å². The molecule has 0 radical (unpaired) electrons. The summed E-state index contributed by atoms with van der Waals surface area (Å²) in [6.07, 6.45) is 4.04. The fourth-order valence-electron chi connectivity index (χ4n) is 3.85. The van der Waals surface area contributed by atoms with E-state index < -0.39 is 17.9 Å². The first-order chi connectivity index (χ1) is 11.1. The Balaban J connectivity index is 1.39. The van der Waals surface area contributed by atoms with Gasteiger partial charge in [0, 0.05) is 6.54 Å². The molecule has 1 aromatic carbocycles. The SMILES string of the molecule is O=C(NCc1ccccc1)ON1C(=O)C2C3C=CC(C3)C2C1=O. The maximum absolute atomic E-state index is 12.4. The number of fused-ring (bicyclic) bond motifs is 5. The molecular formula is C17H16N2O4. The first-order valence-electron chi connectivity index (χ1n) is 7.71. The molecule has 1 heterocycles. The zero-order chi connectivity index (χ0) is 16.0. The number of benzene rings is 1. The molecular weight excluding hydrogens is 296 g/mol. The highest BCUT2D eigenvalue weighted by molar-refractivity contribution is 6.06. The number of hydrogen-bond donors (Lipinski definition) is 1. The predicted octanol–water partition coefficient (Wildman–Crippen LogP) is 1.63. The Morgan fingerprint density at radius 3 is 2.30 bits per heavy atom. The highest BCUT2D eigenvalue weighted by Crippen LogP contribution is 2.52. The second-order valence-electron chi connectivity index (χ2n) is 6.19. The van der Waals surface area contributed by atoms with E-state index in [0.717, 1.165) is 12.0 Å². The van der Waals surface area contributed by atoms with E-state index >= 15 is 0 Å². The quantitative estimate of drug-likeness (QED) is 0.680. The van der Waals surface area contributed by atoms with E-state index in [1.165, 1.54) is 0 Å². The zero-order valence-corrected chi connectivity index (χ0v) is 12.3. The second kappa shape index (κ2) is 5.22. The van der Waals surface area contributed by atoms with Crippen LogP contribution < -0.4 is 5.32 Å². The maximum Gasteiger partial charge on any atom is 0.432 e. The summed E-state index contributed by atoms with van der Waals surface area (Å²) >= 11 is 0. The lowest BCUT2D eigenvalue weighted by molar-refractivity contribution is -0.174. The van der Waals surface area contributed by atoms with Gasteiger partial charge in [-0.1, -0.05) is 42.5 Å². The molecule has 118 valence electrons. The number of nitrogens with zero attached hydrogens (tertiary/aromatic N) is 1. The maximum atomic E-state index is 12.4. The first-order valence-corrected chi connectivity index (χ1v) is 7.71. The van der Waals surface area contributed by atoms with Crippen molar-refractivity contribution >= 4 is 17.9 Å². The molecule has 0 spiro atoms. The molecule has 1 N–H and O–H groups in total. The van der Waals surface area contributed by atoms with Crippen molar-refractivity contribution in [3.63, 3.8) is 0 Å². The van der Waals surface area contributed by atoms with Gasteiger partial charge in [0.15, 0.2) is 0 Å². The van der Waals surface area contributed by atoms with Crippen molar-refractivity contribution < 1.29 is 19.2 Å². The first kappa shape index (κ1) is 14.0. The van der Waals surface area contributed by atoms with Crippen LogP contribution in [0.3, 0.4) is 0 Å². The van der Waals surface area contributed by atoms with Crippen LogP contribution >= 0.6 is 0 Å². The number of rotatable bonds is 3. The van der Waals surface area contributed by atoms with Crippen molar-refractivity contribution in [2.75, 3.05) is 0 Å². The number of imide groups is 1. The average molecular weight is 312 g/mol. The van der Waals surface area contributed by atoms with E-state index in [-0.39, 0.29) is 30.2 Å². The van der Waals surface area contributed by atoms with Gasteiger partial charge in [-0.15, -0.1) is 5.06 Å². The molecule has 1 aliphatic heterocycles. The fourth-order valence-corrected chi connectivity index (χ4v) is 3.85. The molecule has 4 unspecified atom stereocenters. The predicted molar refractivity (Wildman–Crippen MR) is 79.3 cm³/mol. The summed E-state index contributed by atoms with van der Waals surface area (Å²) < 4.78 is 0. The van der Waals surface area contributed by atoms with Crippen molar-refractivity contribution in [2.24, 2.45) is 23.7 Å². The van der Waals surface area contributed by atoms with Crippen molar-refractivity contribution in [2.45, 2.75) is 13.0 Å². The van der Waals surface area contributed by atoms with Gasteiger partial charge in [0.2, 0.25) is 0 Å². The molecule has 6 nitrogen and oxygen atoms in total. The number of allylic oxidation sites excluding steroid dienone is 2. The van der Waals surface area contributed by atoms with Crippen LogP contribution in [-0.2, 0) is 21.0 Å². The summed E-state index contributed by atoms with van der Waals surface area (Å²) in [5.74, 6) is -1.32. The van der Waals surface area contributed by atoms with E-state index in [1.807, 2.05) is 42.5 Å². The number of carbonyl (C=O) groups excluding carboxylic acids is 3. The van der Waals surface area contributed by atoms with E-state index in [4.69, 9.17) is 4.84 Å². The molecule has 4 atom stereocenters. The lowest BCUT2D eigenvalue weighted by atomic mass is 9.85. The topological polar surface area (TPSA) is 75.7 Å². The monoisotopic (exact) mass is 312 g/mol. The molecule has 23 heavy (non-hydrogen) atoms. The summed E-state index contributed by atoms with van der Waals surface area (Å²) in [6.45, 7) is 0.273. The molecule has 3 amide bonds. The van der Waals surface area contributed by atoms with Crippen molar-refractivity contribution in [1.82, 2.24) is 10.4 Å². The van der Waals surface area contributed by atoms with E-state index in [2.05, 4.69) is 5.32 Å². The van der Waals surface area contributed by atoms with Gasteiger partial charge >= 0.3 is 6.09 Å². The van der Waals surface area contributed by atoms with Gasteiger partial charge in [0.1, 0.15) is 0 Å². The summed E-state index contributed by atoms with van der Waals surface area (Å²) in [7, 11) is 0. The Bertz CT molecular complexity index is 670. The second-order valence-corrected chi connectivity index (χ2v) is 6.19. The number of hydroxylamine groups is 2. The van der Waals surface area contributed by atoms with Gasteiger partial charge in [-0.25, -0.2) is 4.79 Å². The van der Waals surface area contributed by atoms with Crippen molar-refractivity contribution in [1.29, 1.82) is 0 Å². The molecule has 2 bridgehead atoms. The Morgan fingerprint density at radius 1 is 1.09 bits per heavy atom. The Hall–Kier alpha value is -2.63. The lowest BCUT2D eigenvalue weighted by Crippen LogP contribution is -2.38. The average Bonchev–Trinajstić information content (AvgIpc) is 3.24. The lowest BCUT2D eigenvalue weighted by Gasteiger charge is -2.16. The Kier molecular flexibility index (Phi) is 3.18. The van der Waals surface area contributed by atoms with Gasteiger partial charge in [-0.05, 0) is 23.8 Å². The minimum absolute atomic E-state index is 0.0995. The minimum atomic E-state index is -0.796. The molecule has 3 aliphatic rings. The highest BCUT2D eigenvalue weighted by atomic mass is 16.7. The van der Waals surface area contributed by atoms with Crippen LogP contribution in [0.1, 0.15) is 12.0 Å². The molecule has 2 aliphatic carbocycles. The molecule has 0 aromatic heterocycles. The molecule has 4 rings (SSSR count). The number of carbonyl (C=O) groups is 3. The largest absolute Gasteiger partial charge is 0.432 e. The van der Waals surface area contributed by atoms with Crippen LogP contribution in [0.15, 0.2) is 42.5 Å². The van der Waals surface area contributed by atoms with Gasteiger partial charge in [-0.2, -0.15) is 0 Å². The Labute approximate surface area is 133 Å². The van der Waals surface area contributed by atoms with Crippen LogP contribution in [0.2, 0.25) is 0 Å². The molecule has 6 heteroatoms. The summed E-state index contributed by atoms with van der Waals surface area (Å²) in [5, 5.41) is 3.20. The van der Waals surface area contributed by atoms with Crippen LogP contribution in [0, 0.1) is 23.7 Å². The molecule has 2 fully saturated rings. The van der Waals surface area contributed by atoms with Crippen LogP contribution in [0.4, 0.5) is 4.79 Å². The summed E-state index contributed by atoms with van der Waals surface area (Å²) in [5.41, 5.74) is 0.905. The minimum Gasteiger partial charge on any atom is -0.316 e. The molecule has 1 saturated carbocycles. The van der Waals surface area contributed by atoms with E-state index in [1.54, 1.807) is 0 Å². The normalized spacial score (nSPS) is 30.7. The fraction of sp³-hybridized carbons (Fsp3) is 0.353. The third-order valence-corrected chi connectivity index (χ3v) is 4.88. The Morgan fingerprint density at radius 2 is 1.70 bits per heavy atom. The van der Waals surface area contributed by atoms with Crippen molar-refractivity contribution in [3.8, 4) is 0 Å². The third-order valence-electron chi connectivity index (χ3n) is 4.88. The van der Waals surface area contributed by atoms with Gasteiger partial charge in [-0.3, -0.25) is 9.59 Å². The van der Waals surface area contributed by atoms with Gasteiger partial charge < -0.3 is 10.2 Å². The van der Waals surface area contributed by atoms with Crippen molar-refractivity contribution in [3.05, 3.63) is 48.0 Å². The van der Waals surface area contributed by atoms with E-state index in [0.29, 0.717) is 5.06 Å². The van der Waals surface area contributed by atoms with E-state index in [9.17, 15) is 14.4 Å². The number of hydrogen-bond acceptors (Lipinski definition) is 4. The van der Waals surface area contributed by atoms with Crippen LogP contribution in [0.25, 0.3) is 0 Å². The summed E-state index contributed by atoms with van der Waals surface area (Å²) in [6, 6.07) is 9.32. The number of nitrogens with one attached hydrogen (secondary N) is 1. The third kappa shape index (κ3) is 2.21. The smallest absolute Gasteiger partial charge is 0.316 e.